The fourth-order valence-corrected chi connectivity index (χ4v) is 1.39. The minimum Gasteiger partial charge on any atom is -0.395 e. The van der Waals surface area contributed by atoms with Crippen LogP contribution < -0.4 is 11.1 Å². The van der Waals surface area contributed by atoms with Crippen molar-refractivity contribution in [1.29, 1.82) is 0 Å². The summed E-state index contributed by atoms with van der Waals surface area (Å²) in [5.74, 6) is -0.293. The Balaban J connectivity index is 2.30. The molecule has 0 saturated heterocycles. The van der Waals surface area contributed by atoms with E-state index in [1.807, 2.05) is 6.92 Å². The van der Waals surface area contributed by atoms with E-state index in [4.69, 9.17) is 15.2 Å². The third-order valence-electron chi connectivity index (χ3n) is 2.42. The minimum absolute atomic E-state index is 0.240. The molecule has 0 aliphatic heterocycles. The predicted octanol–water partition coefficient (Wildman–Crippen LogP) is -0.0529. The number of anilines is 1. The molecule has 1 aromatic rings. The van der Waals surface area contributed by atoms with E-state index >= 15 is 0 Å². The van der Waals surface area contributed by atoms with Gasteiger partial charge in [-0.2, -0.15) is 5.10 Å². The van der Waals surface area contributed by atoms with Crippen LogP contribution >= 0.6 is 0 Å². The number of methoxy groups -OCH3 is 1. The van der Waals surface area contributed by atoms with Gasteiger partial charge in [0.2, 0.25) is 0 Å². The second kappa shape index (κ2) is 7.67. The molecule has 7 nitrogen and oxygen atoms in total. The van der Waals surface area contributed by atoms with Crippen molar-refractivity contribution in [3.63, 3.8) is 0 Å². The average Bonchev–Trinajstić information content (AvgIpc) is 2.74. The third kappa shape index (κ3) is 4.01. The Bertz CT molecular complexity index is 378. The maximum Gasteiger partial charge on any atom is 0.274 e. The molecular formula is C11H20N4O3. The minimum atomic E-state index is -0.293. The summed E-state index contributed by atoms with van der Waals surface area (Å²) in [7, 11) is 1.61. The topological polar surface area (TPSA) is 102 Å². The van der Waals surface area contributed by atoms with E-state index in [-0.39, 0.29) is 11.6 Å². The van der Waals surface area contributed by atoms with Gasteiger partial charge in [-0.1, -0.05) is 6.92 Å². The van der Waals surface area contributed by atoms with Gasteiger partial charge >= 0.3 is 0 Å². The van der Waals surface area contributed by atoms with Gasteiger partial charge in [0.1, 0.15) is 0 Å². The monoisotopic (exact) mass is 256 g/mol. The van der Waals surface area contributed by atoms with Crippen LogP contribution in [0.1, 0.15) is 23.1 Å². The van der Waals surface area contributed by atoms with Gasteiger partial charge in [0.15, 0.2) is 5.69 Å². The van der Waals surface area contributed by atoms with Crippen molar-refractivity contribution in [1.82, 2.24) is 15.5 Å². The number of nitrogens with two attached hydrogens (primary N) is 1. The highest BCUT2D eigenvalue weighted by Gasteiger charge is 2.15. The van der Waals surface area contributed by atoms with E-state index in [1.165, 1.54) is 0 Å². The van der Waals surface area contributed by atoms with Crippen LogP contribution in [0.15, 0.2) is 0 Å². The number of aryl methyl sites for hydroxylation is 1. The van der Waals surface area contributed by atoms with Crippen molar-refractivity contribution in [2.24, 2.45) is 0 Å². The largest absolute Gasteiger partial charge is 0.395 e. The number of hydrogen-bond acceptors (Lipinski definition) is 5. The Morgan fingerprint density at radius 1 is 1.44 bits per heavy atom. The number of ether oxygens (including phenoxy) is 2. The average molecular weight is 256 g/mol. The van der Waals surface area contributed by atoms with Crippen molar-refractivity contribution in [3.05, 3.63) is 11.4 Å². The normalized spacial score (nSPS) is 10.6. The zero-order valence-corrected chi connectivity index (χ0v) is 10.8. The highest BCUT2D eigenvalue weighted by Crippen LogP contribution is 2.13. The molecule has 1 aromatic heterocycles. The Morgan fingerprint density at radius 2 is 2.22 bits per heavy atom. The summed E-state index contributed by atoms with van der Waals surface area (Å²) in [6.07, 6.45) is 0.715. The fourth-order valence-electron chi connectivity index (χ4n) is 1.39. The molecule has 1 amide bonds. The molecule has 7 heteroatoms. The molecule has 18 heavy (non-hydrogen) atoms. The summed E-state index contributed by atoms with van der Waals surface area (Å²) in [4.78, 5) is 11.7. The first kappa shape index (κ1) is 14.5. The molecular weight excluding hydrogens is 236 g/mol. The zero-order chi connectivity index (χ0) is 13.4. The first-order valence-electron chi connectivity index (χ1n) is 5.88. The van der Waals surface area contributed by atoms with E-state index in [0.29, 0.717) is 38.5 Å². The summed E-state index contributed by atoms with van der Waals surface area (Å²) >= 11 is 0. The quantitative estimate of drug-likeness (QED) is 0.566. The molecule has 0 spiro atoms. The summed E-state index contributed by atoms with van der Waals surface area (Å²) in [6, 6.07) is 0. The molecule has 102 valence electrons. The van der Waals surface area contributed by atoms with Crippen molar-refractivity contribution in [3.8, 4) is 0 Å². The lowest BCUT2D eigenvalue weighted by Crippen LogP contribution is -2.28. The summed E-state index contributed by atoms with van der Waals surface area (Å²) in [5.41, 5.74) is 7.21. The highest BCUT2D eigenvalue weighted by atomic mass is 16.5. The lowest BCUT2D eigenvalue weighted by Gasteiger charge is -2.05. The number of carbonyl (C=O) groups is 1. The molecule has 0 radical (unpaired) electrons. The van der Waals surface area contributed by atoms with E-state index in [1.54, 1.807) is 7.11 Å². The van der Waals surface area contributed by atoms with Crippen LogP contribution in [0.5, 0.6) is 0 Å². The van der Waals surface area contributed by atoms with Crippen molar-refractivity contribution < 1.29 is 14.3 Å². The standard InChI is InChI=1S/C11H20N4O3/c1-3-8-9(12)10(15-14-8)11(16)13-4-5-18-7-6-17-2/h3-7,12H2,1-2H3,(H,13,16)(H,14,15). The van der Waals surface area contributed by atoms with Gasteiger partial charge in [-0.25, -0.2) is 0 Å². The number of aromatic nitrogens is 2. The molecule has 0 aliphatic rings. The third-order valence-corrected chi connectivity index (χ3v) is 2.42. The number of nitrogens with one attached hydrogen (secondary N) is 2. The molecule has 0 atom stereocenters. The van der Waals surface area contributed by atoms with Gasteiger partial charge in [-0.05, 0) is 6.42 Å². The molecule has 0 bridgehead atoms. The number of carbonyl (C=O) groups excluding carboxylic acids is 1. The SMILES string of the molecule is CCc1[nH]nc(C(=O)NCCOCCOC)c1N. The maximum atomic E-state index is 11.7. The zero-order valence-electron chi connectivity index (χ0n) is 10.8. The van der Waals surface area contributed by atoms with Crippen molar-refractivity contribution in [2.75, 3.05) is 39.2 Å². The molecule has 4 N–H and O–H groups in total. The number of aromatic amines is 1. The van der Waals surface area contributed by atoms with E-state index in [0.717, 1.165) is 5.69 Å². The van der Waals surface area contributed by atoms with Crippen LogP contribution in [-0.2, 0) is 15.9 Å². The van der Waals surface area contributed by atoms with Gasteiger partial charge in [0, 0.05) is 13.7 Å². The molecule has 0 fully saturated rings. The Morgan fingerprint density at radius 3 is 2.83 bits per heavy atom. The molecule has 0 aliphatic carbocycles. The lowest BCUT2D eigenvalue weighted by atomic mass is 10.2. The maximum absolute atomic E-state index is 11.7. The highest BCUT2D eigenvalue weighted by molar-refractivity contribution is 5.97. The number of nitrogens with zero attached hydrogens (tertiary/aromatic N) is 1. The number of amides is 1. The van der Waals surface area contributed by atoms with Gasteiger partial charge < -0.3 is 20.5 Å². The van der Waals surface area contributed by atoms with E-state index < -0.39 is 0 Å². The van der Waals surface area contributed by atoms with Crippen LogP contribution in [0.3, 0.4) is 0 Å². The van der Waals surface area contributed by atoms with Crippen molar-refractivity contribution in [2.45, 2.75) is 13.3 Å². The van der Waals surface area contributed by atoms with Crippen molar-refractivity contribution >= 4 is 11.6 Å². The van der Waals surface area contributed by atoms with Gasteiger partial charge in [0.05, 0.1) is 31.2 Å². The molecule has 0 saturated carbocycles. The molecule has 1 rings (SSSR count). The lowest BCUT2D eigenvalue weighted by molar-refractivity contribution is 0.0692. The Labute approximate surface area is 106 Å². The molecule has 0 aromatic carbocycles. The predicted molar refractivity (Wildman–Crippen MR) is 67.4 cm³/mol. The first-order chi connectivity index (χ1) is 8.70. The fraction of sp³-hybridized carbons (Fsp3) is 0.636. The smallest absolute Gasteiger partial charge is 0.274 e. The summed E-state index contributed by atoms with van der Waals surface area (Å²) < 4.78 is 10.0. The van der Waals surface area contributed by atoms with Gasteiger partial charge in [-0.15, -0.1) is 0 Å². The number of rotatable bonds is 8. The number of H-pyrrole nitrogens is 1. The molecule has 1 heterocycles. The van der Waals surface area contributed by atoms with Crippen LogP contribution in [0.4, 0.5) is 5.69 Å². The first-order valence-corrected chi connectivity index (χ1v) is 5.88. The van der Waals surface area contributed by atoms with Crippen LogP contribution in [-0.4, -0.2) is 49.6 Å². The van der Waals surface area contributed by atoms with Crippen LogP contribution in [0.25, 0.3) is 0 Å². The van der Waals surface area contributed by atoms with Crippen LogP contribution in [0, 0.1) is 0 Å². The summed E-state index contributed by atoms with van der Waals surface area (Å²) in [6.45, 7) is 3.84. The summed E-state index contributed by atoms with van der Waals surface area (Å²) in [5, 5.41) is 9.32. The second-order valence-electron chi connectivity index (χ2n) is 3.68. The Hall–Kier alpha value is -1.60. The Kier molecular flexibility index (Phi) is 6.16. The van der Waals surface area contributed by atoms with E-state index in [9.17, 15) is 4.79 Å². The van der Waals surface area contributed by atoms with E-state index in [2.05, 4.69) is 15.5 Å². The van der Waals surface area contributed by atoms with Gasteiger partial charge in [-0.3, -0.25) is 9.89 Å². The second-order valence-corrected chi connectivity index (χ2v) is 3.68. The number of hydrogen-bond donors (Lipinski definition) is 3. The van der Waals surface area contributed by atoms with Crippen LogP contribution in [0.2, 0.25) is 0 Å². The van der Waals surface area contributed by atoms with Gasteiger partial charge in [0.25, 0.3) is 5.91 Å². The molecule has 0 unspecified atom stereocenters. The number of nitrogen functional groups attached to an aromatic ring is 1.